The number of nitrogens with two attached hydrogens (primary N) is 1. The Kier molecular flexibility index (Phi) is 6.34. The summed E-state index contributed by atoms with van der Waals surface area (Å²) in [5.41, 5.74) is 6.05. The van der Waals surface area contributed by atoms with Gasteiger partial charge < -0.3 is 5.73 Å². The molecule has 2 aromatic rings. The summed E-state index contributed by atoms with van der Waals surface area (Å²) in [5.74, 6) is 0. The molecule has 0 fully saturated rings. The Morgan fingerprint density at radius 2 is 1.42 bits per heavy atom. The van der Waals surface area contributed by atoms with Gasteiger partial charge in [0, 0.05) is 6.07 Å². The van der Waals surface area contributed by atoms with Crippen molar-refractivity contribution in [2.24, 2.45) is 0 Å². The van der Waals surface area contributed by atoms with Crippen LogP contribution in [0.15, 0.2) is 36.7 Å². The minimum Gasteiger partial charge on any atom is -0.397 e. The highest BCUT2D eigenvalue weighted by atomic mass is 16.6. The summed E-state index contributed by atoms with van der Waals surface area (Å²) in [6.45, 7) is 7.07. The molecule has 0 saturated carbocycles. The first-order chi connectivity index (χ1) is 12.0. The van der Waals surface area contributed by atoms with Crippen LogP contribution < -0.4 is 5.73 Å². The number of anilines is 1. The fraction of sp³-hybridized carbons (Fsp3) is 0.333. The van der Waals surface area contributed by atoms with E-state index in [2.05, 4.69) is 22.1 Å². The number of nitriles is 2. The van der Waals surface area contributed by atoms with Crippen LogP contribution in [0.1, 0.15) is 39.1 Å². The van der Waals surface area contributed by atoms with Crippen LogP contribution >= 0.6 is 0 Å². The maximum Gasteiger partial charge on any atom is 0.287 e. The smallest absolute Gasteiger partial charge is 0.287 e. The lowest BCUT2D eigenvalue weighted by Crippen LogP contribution is -2.15. The number of pyridine rings is 2. The average Bonchev–Trinajstić information content (AvgIpc) is 2.62. The van der Waals surface area contributed by atoms with Gasteiger partial charge in [-0.15, -0.1) is 0 Å². The summed E-state index contributed by atoms with van der Waals surface area (Å²) < 4.78 is 0. The van der Waals surface area contributed by atoms with Crippen molar-refractivity contribution < 1.29 is 4.92 Å². The van der Waals surface area contributed by atoms with E-state index >= 15 is 0 Å². The molecule has 0 aliphatic heterocycles. The summed E-state index contributed by atoms with van der Waals surface area (Å²) >= 11 is 0. The summed E-state index contributed by atoms with van der Waals surface area (Å²) in [6.07, 6.45) is 2.73. The summed E-state index contributed by atoms with van der Waals surface area (Å²) in [4.78, 5) is 17.8. The summed E-state index contributed by atoms with van der Waals surface area (Å²) in [7, 11) is 0. The molecule has 0 aliphatic rings. The molecule has 2 N–H and O–H groups in total. The van der Waals surface area contributed by atoms with Gasteiger partial charge >= 0.3 is 0 Å². The van der Waals surface area contributed by atoms with Gasteiger partial charge in [0.1, 0.15) is 6.20 Å². The molecule has 0 radical (unpaired) electrons. The molecule has 0 aliphatic carbocycles. The molecule has 0 atom stereocenters. The second kappa shape index (κ2) is 8.04. The largest absolute Gasteiger partial charge is 0.397 e. The number of nitrogens with zero attached hydrogens (tertiary/aromatic N) is 5. The molecule has 2 aromatic heterocycles. The Balaban J connectivity index is 0.000000263. The van der Waals surface area contributed by atoms with Crippen molar-refractivity contribution in [3.8, 4) is 12.1 Å². The third-order valence-corrected chi connectivity index (χ3v) is 3.58. The van der Waals surface area contributed by atoms with Crippen LogP contribution in [0.3, 0.4) is 0 Å². The first kappa shape index (κ1) is 20.5. The van der Waals surface area contributed by atoms with Gasteiger partial charge in [-0.2, -0.15) is 10.5 Å². The van der Waals surface area contributed by atoms with Gasteiger partial charge in [-0.25, -0.2) is 0 Å². The lowest BCUT2D eigenvalue weighted by atomic mass is 9.91. The Morgan fingerprint density at radius 1 is 0.962 bits per heavy atom. The monoisotopic (exact) mass is 352 g/mol. The molecule has 134 valence electrons. The molecule has 8 heteroatoms. The molecule has 2 heterocycles. The normalized spacial score (nSPS) is 10.7. The van der Waals surface area contributed by atoms with Crippen molar-refractivity contribution in [1.82, 2.24) is 9.97 Å². The maximum atomic E-state index is 10.3. The lowest BCUT2D eigenvalue weighted by molar-refractivity contribution is -0.385. The van der Waals surface area contributed by atoms with Crippen molar-refractivity contribution in [2.45, 2.75) is 38.5 Å². The number of hydrogen-bond acceptors (Lipinski definition) is 7. The molecule has 0 amide bonds. The molecule has 0 saturated heterocycles. The Bertz CT molecular complexity index is 843. The van der Waals surface area contributed by atoms with E-state index in [9.17, 15) is 10.1 Å². The third kappa shape index (κ3) is 5.25. The molecule has 2 rings (SSSR count). The fourth-order valence-corrected chi connectivity index (χ4v) is 1.75. The van der Waals surface area contributed by atoms with Gasteiger partial charge in [-0.1, -0.05) is 0 Å². The quantitative estimate of drug-likeness (QED) is 0.659. The van der Waals surface area contributed by atoms with Gasteiger partial charge in [0.05, 0.1) is 51.2 Å². The Morgan fingerprint density at radius 3 is 1.73 bits per heavy atom. The van der Waals surface area contributed by atoms with E-state index in [-0.39, 0.29) is 5.69 Å². The van der Waals surface area contributed by atoms with Crippen LogP contribution in [0.4, 0.5) is 11.4 Å². The van der Waals surface area contributed by atoms with Gasteiger partial charge in [-0.3, -0.25) is 20.1 Å². The maximum absolute atomic E-state index is 10.3. The highest BCUT2D eigenvalue weighted by molar-refractivity contribution is 5.37. The van der Waals surface area contributed by atoms with E-state index in [1.165, 1.54) is 12.1 Å². The summed E-state index contributed by atoms with van der Waals surface area (Å²) in [5, 5.41) is 27.9. The zero-order valence-corrected chi connectivity index (χ0v) is 15.1. The van der Waals surface area contributed by atoms with Crippen LogP contribution in [0, 0.1) is 32.8 Å². The van der Waals surface area contributed by atoms with Crippen LogP contribution in [0.25, 0.3) is 0 Å². The van der Waals surface area contributed by atoms with E-state index in [0.29, 0.717) is 11.4 Å². The van der Waals surface area contributed by atoms with Crippen LogP contribution in [0.2, 0.25) is 0 Å². The number of hydrogen-bond donors (Lipinski definition) is 1. The SMILES string of the molecule is CC(C)(C#N)c1ccc(N)cn1.CC(C)(C#N)c1ccc([N+](=O)[O-])cn1. The first-order valence-corrected chi connectivity index (χ1v) is 7.69. The molecular weight excluding hydrogens is 332 g/mol. The van der Waals surface area contributed by atoms with Gasteiger partial charge in [0.25, 0.3) is 5.69 Å². The molecular formula is C18H20N6O2. The predicted octanol–water partition coefficient (Wildman–Crippen LogP) is 3.26. The van der Waals surface area contributed by atoms with Crippen LogP contribution in [-0.2, 0) is 10.8 Å². The molecule has 0 aromatic carbocycles. The van der Waals surface area contributed by atoms with E-state index in [4.69, 9.17) is 16.3 Å². The average molecular weight is 352 g/mol. The van der Waals surface area contributed by atoms with Crippen molar-refractivity contribution in [3.63, 3.8) is 0 Å². The topological polar surface area (TPSA) is 143 Å². The highest BCUT2D eigenvalue weighted by Crippen LogP contribution is 2.21. The van der Waals surface area contributed by atoms with Crippen molar-refractivity contribution in [3.05, 3.63) is 58.2 Å². The highest BCUT2D eigenvalue weighted by Gasteiger charge is 2.22. The zero-order valence-electron chi connectivity index (χ0n) is 15.1. The Hall–Kier alpha value is -3.52. The molecule has 26 heavy (non-hydrogen) atoms. The van der Waals surface area contributed by atoms with Crippen LogP contribution in [-0.4, -0.2) is 14.9 Å². The minimum absolute atomic E-state index is 0.0671. The number of aromatic nitrogens is 2. The number of rotatable bonds is 3. The van der Waals surface area contributed by atoms with Gasteiger partial charge in [-0.05, 0) is 45.9 Å². The van der Waals surface area contributed by atoms with Gasteiger partial charge in [0.2, 0.25) is 0 Å². The van der Waals surface area contributed by atoms with E-state index in [1.807, 2.05) is 13.8 Å². The standard InChI is InChI=1S/C9H9N3O2.C9H11N3/c1-9(2,6-10)8-4-3-7(5-11-8)12(13)14;1-9(2,6-10)8-4-3-7(11)5-12-8/h3-5H,1-2H3;3-5H,11H2,1-2H3. The number of nitrogen functional groups attached to an aromatic ring is 1. The van der Waals surface area contributed by atoms with E-state index in [1.54, 1.807) is 32.2 Å². The fourth-order valence-electron chi connectivity index (χ4n) is 1.75. The van der Waals surface area contributed by atoms with E-state index < -0.39 is 15.8 Å². The third-order valence-electron chi connectivity index (χ3n) is 3.58. The molecule has 0 unspecified atom stereocenters. The van der Waals surface area contributed by atoms with Crippen molar-refractivity contribution in [1.29, 1.82) is 10.5 Å². The molecule has 0 bridgehead atoms. The lowest BCUT2D eigenvalue weighted by Gasteiger charge is -2.13. The first-order valence-electron chi connectivity index (χ1n) is 7.69. The van der Waals surface area contributed by atoms with E-state index in [0.717, 1.165) is 11.9 Å². The zero-order chi connectivity index (χ0) is 20.0. The molecule has 8 nitrogen and oxygen atoms in total. The molecule has 0 spiro atoms. The second-order valence-corrected chi connectivity index (χ2v) is 6.61. The van der Waals surface area contributed by atoms with Crippen LogP contribution in [0.5, 0.6) is 0 Å². The van der Waals surface area contributed by atoms with Crippen molar-refractivity contribution >= 4 is 11.4 Å². The Labute approximate surface area is 152 Å². The summed E-state index contributed by atoms with van der Waals surface area (Å²) in [6, 6.07) is 10.6. The minimum atomic E-state index is -0.713. The second-order valence-electron chi connectivity index (χ2n) is 6.61. The van der Waals surface area contributed by atoms with Gasteiger partial charge in [0.15, 0.2) is 0 Å². The predicted molar refractivity (Wildman–Crippen MR) is 96.8 cm³/mol. The number of nitro groups is 1. The van der Waals surface area contributed by atoms with Crippen molar-refractivity contribution in [2.75, 3.05) is 5.73 Å².